The van der Waals surface area contributed by atoms with Crippen LogP contribution in [-0.2, 0) is 16.1 Å². The van der Waals surface area contributed by atoms with Crippen LogP contribution in [0.2, 0.25) is 0 Å². The molecule has 2 amide bonds. The predicted octanol–water partition coefficient (Wildman–Crippen LogP) is 1.20. The van der Waals surface area contributed by atoms with Gasteiger partial charge in [-0.3, -0.25) is 14.6 Å². The molecule has 1 rings (SSSR count). The van der Waals surface area contributed by atoms with E-state index in [9.17, 15) is 9.59 Å². The summed E-state index contributed by atoms with van der Waals surface area (Å²) in [7, 11) is 0. The van der Waals surface area contributed by atoms with Crippen molar-refractivity contribution in [1.29, 1.82) is 0 Å². The van der Waals surface area contributed by atoms with Crippen LogP contribution in [0.5, 0.6) is 0 Å². The van der Waals surface area contributed by atoms with E-state index >= 15 is 0 Å². The molecule has 1 N–H and O–H groups in total. The van der Waals surface area contributed by atoms with Crippen LogP contribution in [0.15, 0.2) is 24.4 Å². The molecule has 5 nitrogen and oxygen atoms in total. The highest BCUT2D eigenvalue weighted by molar-refractivity contribution is 5.83. The first-order valence-electron chi connectivity index (χ1n) is 6.41. The average Bonchev–Trinajstić information content (AvgIpc) is 2.36. The molecule has 0 aliphatic rings. The normalized spacial score (nSPS) is 10.3. The topological polar surface area (TPSA) is 62.3 Å². The molecule has 0 unspecified atom stereocenters. The van der Waals surface area contributed by atoms with E-state index in [1.54, 1.807) is 6.20 Å². The van der Waals surface area contributed by atoms with Crippen LogP contribution in [0, 0.1) is 5.92 Å². The van der Waals surface area contributed by atoms with Gasteiger partial charge in [0.2, 0.25) is 11.8 Å². The van der Waals surface area contributed by atoms with Gasteiger partial charge < -0.3 is 10.2 Å². The molecule has 0 aliphatic carbocycles. The number of pyridine rings is 1. The Morgan fingerprint density at radius 1 is 1.37 bits per heavy atom. The number of carbonyl (C=O) groups excluding carboxylic acids is 2. The Morgan fingerprint density at radius 2 is 2.11 bits per heavy atom. The van der Waals surface area contributed by atoms with Crippen LogP contribution in [0.3, 0.4) is 0 Å². The zero-order chi connectivity index (χ0) is 14.3. The Bertz CT molecular complexity index is 418. The minimum atomic E-state index is -0.139. The Morgan fingerprint density at radius 3 is 2.63 bits per heavy atom. The molecule has 0 aromatic carbocycles. The van der Waals surface area contributed by atoms with Crippen molar-refractivity contribution in [2.45, 2.75) is 27.3 Å². The predicted molar refractivity (Wildman–Crippen MR) is 73.2 cm³/mol. The third-order valence-electron chi connectivity index (χ3n) is 2.57. The van der Waals surface area contributed by atoms with Crippen molar-refractivity contribution in [2.75, 3.05) is 13.1 Å². The van der Waals surface area contributed by atoms with E-state index in [4.69, 9.17) is 0 Å². The van der Waals surface area contributed by atoms with Crippen LogP contribution in [0.25, 0.3) is 0 Å². The smallest absolute Gasteiger partial charge is 0.239 e. The lowest BCUT2D eigenvalue weighted by Crippen LogP contribution is -2.40. The van der Waals surface area contributed by atoms with E-state index in [1.807, 2.05) is 32.0 Å². The monoisotopic (exact) mass is 263 g/mol. The molecule has 0 aliphatic heterocycles. The molecular weight excluding hydrogens is 242 g/mol. The molecule has 0 spiro atoms. The van der Waals surface area contributed by atoms with Gasteiger partial charge in [0.15, 0.2) is 0 Å². The molecule has 19 heavy (non-hydrogen) atoms. The summed E-state index contributed by atoms with van der Waals surface area (Å²) in [5.74, 6) is 0.121. The molecule has 1 aromatic heterocycles. The number of hydrogen-bond donors (Lipinski definition) is 1. The van der Waals surface area contributed by atoms with Gasteiger partial charge in [-0.05, 0) is 18.1 Å². The van der Waals surface area contributed by atoms with Gasteiger partial charge in [0, 0.05) is 19.7 Å². The summed E-state index contributed by atoms with van der Waals surface area (Å²) in [6.45, 7) is 6.55. The summed E-state index contributed by atoms with van der Waals surface area (Å²) in [4.78, 5) is 28.9. The van der Waals surface area contributed by atoms with Crippen LogP contribution in [0.4, 0.5) is 0 Å². The lowest BCUT2D eigenvalue weighted by Gasteiger charge is -2.20. The second-order valence-corrected chi connectivity index (χ2v) is 4.89. The Labute approximate surface area is 114 Å². The van der Waals surface area contributed by atoms with E-state index in [-0.39, 0.29) is 18.4 Å². The molecule has 1 heterocycles. The fraction of sp³-hybridized carbons (Fsp3) is 0.500. The average molecular weight is 263 g/mol. The van der Waals surface area contributed by atoms with Gasteiger partial charge in [-0.15, -0.1) is 0 Å². The molecule has 0 saturated heterocycles. The highest BCUT2D eigenvalue weighted by atomic mass is 16.2. The van der Waals surface area contributed by atoms with Gasteiger partial charge in [-0.1, -0.05) is 19.9 Å². The Kier molecular flexibility index (Phi) is 5.99. The second-order valence-electron chi connectivity index (χ2n) is 4.89. The minimum absolute atomic E-state index is 0.0681. The molecule has 0 fully saturated rings. The van der Waals surface area contributed by atoms with Crippen LogP contribution in [0.1, 0.15) is 26.5 Å². The van der Waals surface area contributed by atoms with Gasteiger partial charge in [0.25, 0.3) is 0 Å². The second kappa shape index (κ2) is 7.51. The quantitative estimate of drug-likeness (QED) is 0.839. The van der Waals surface area contributed by atoms with Crippen LogP contribution >= 0.6 is 0 Å². The maximum Gasteiger partial charge on any atom is 0.239 e. The standard InChI is InChI=1S/C14H21N3O2/c1-11(2)8-16-14(19)10-17(12(3)18)9-13-6-4-5-7-15-13/h4-7,11H,8-10H2,1-3H3,(H,16,19). The molecule has 0 bridgehead atoms. The molecule has 5 heteroatoms. The largest absolute Gasteiger partial charge is 0.354 e. The third-order valence-corrected chi connectivity index (χ3v) is 2.57. The van der Waals surface area contributed by atoms with E-state index in [0.717, 1.165) is 5.69 Å². The van der Waals surface area contributed by atoms with Gasteiger partial charge in [0.05, 0.1) is 18.8 Å². The summed E-state index contributed by atoms with van der Waals surface area (Å²) < 4.78 is 0. The fourth-order valence-electron chi connectivity index (χ4n) is 1.51. The summed E-state index contributed by atoms with van der Waals surface area (Å²) in [6, 6.07) is 5.51. The minimum Gasteiger partial charge on any atom is -0.354 e. The van der Waals surface area contributed by atoms with Crippen molar-refractivity contribution in [1.82, 2.24) is 15.2 Å². The molecule has 104 valence electrons. The van der Waals surface area contributed by atoms with E-state index in [2.05, 4.69) is 10.3 Å². The first-order chi connectivity index (χ1) is 8.99. The number of nitrogens with zero attached hydrogens (tertiary/aromatic N) is 2. The zero-order valence-corrected chi connectivity index (χ0v) is 11.7. The number of nitrogens with one attached hydrogen (secondary N) is 1. The maximum absolute atomic E-state index is 11.7. The van der Waals surface area contributed by atoms with E-state index < -0.39 is 0 Å². The highest BCUT2D eigenvalue weighted by Crippen LogP contribution is 2.01. The highest BCUT2D eigenvalue weighted by Gasteiger charge is 2.14. The van der Waals surface area contributed by atoms with E-state index in [1.165, 1.54) is 11.8 Å². The fourth-order valence-corrected chi connectivity index (χ4v) is 1.51. The van der Waals surface area contributed by atoms with Gasteiger partial charge in [-0.2, -0.15) is 0 Å². The first kappa shape index (κ1) is 15.1. The SMILES string of the molecule is CC(=O)N(CC(=O)NCC(C)C)Cc1ccccn1. The zero-order valence-electron chi connectivity index (χ0n) is 11.7. The third kappa shape index (κ3) is 5.99. The number of amides is 2. The van der Waals surface area contributed by atoms with Crippen molar-refractivity contribution in [3.63, 3.8) is 0 Å². The Balaban J connectivity index is 2.54. The van der Waals surface area contributed by atoms with Crippen molar-refractivity contribution in [3.8, 4) is 0 Å². The molecule has 0 atom stereocenters. The van der Waals surface area contributed by atoms with Crippen molar-refractivity contribution in [3.05, 3.63) is 30.1 Å². The number of aromatic nitrogens is 1. The summed E-state index contributed by atoms with van der Waals surface area (Å²) in [5.41, 5.74) is 0.773. The van der Waals surface area contributed by atoms with Crippen LogP contribution < -0.4 is 5.32 Å². The molecular formula is C14H21N3O2. The number of carbonyl (C=O) groups is 2. The van der Waals surface area contributed by atoms with Crippen molar-refractivity contribution < 1.29 is 9.59 Å². The van der Waals surface area contributed by atoms with E-state index in [0.29, 0.717) is 19.0 Å². The van der Waals surface area contributed by atoms with Crippen molar-refractivity contribution in [2.24, 2.45) is 5.92 Å². The lowest BCUT2D eigenvalue weighted by atomic mass is 10.2. The Hall–Kier alpha value is -1.91. The van der Waals surface area contributed by atoms with Crippen molar-refractivity contribution >= 4 is 11.8 Å². The summed E-state index contributed by atoms with van der Waals surface area (Å²) in [6.07, 6.45) is 1.67. The molecule has 0 saturated carbocycles. The first-order valence-corrected chi connectivity index (χ1v) is 6.41. The van der Waals surface area contributed by atoms with Gasteiger partial charge in [0.1, 0.15) is 0 Å². The number of rotatable bonds is 6. The maximum atomic E-state index is 11.7. The summed E-state index contributed by atoms with van der Waals surface area (Å²) in [5, 5.41) is 2.80. The molecule has 0 radical (unpaired) electrons. The van der Waals surface area contributed by atoms with Crippen LogP contribution in [-0.4, -0.2) is 34.8 Å². The van der Waals surface area contributed by atoms with Gasteiger partial charge in [-0.25, -0.2) is 0 Å². The molecule has 1 aromatic rings. The summed E-state index contributed by atoms with van der Waals surface area (Å²) >= 11 is 0. The number of hydrogen-bond acceptors (Lipinski definition) is 3. The van der Waals surface area contributed by atoms with Gasteiger partial charge >= 0.3 is 0 Å². The lowest BCUT2D eigenvalue weighted by molar-refractivity contribution is -0.135.